The predicted molar refractivity (Wildman–Crippen MR) is 64.1 cm³/mol. The van der Waals surface area contributed by atoms with Crippen molar-refractivity contribution in [1.29, 1.82) is 0 Å². The largest absolute Gasteiger partial charge is 0.342 e. The number of hydrogen-bond donors (Lipinski definition) is 0. The van der Waals surface area contributed by atoms with Crippen LogP contribution in [0.2, 0.25) is 0 Å². The van der Waals surface area contributed by atoms with Gasteiger partial charge in [0.15, 0.2) is 0 Å². The average molecular weight is 232 g/mol. The van der Waals surface area contributed by atoms with Gasteiger partial charge in [-0.25, -0.2) is 0 Å². The molecule has 0 saturated heterocycles. The Balaban J connectivity index is 2.44. The van der Waals surface area contributed by atoms with E-state index >= 15 is 0 Å². The molecule has 0 aromatic heterocycles. The summed E-state index contributed by atoms with van der Waals surface area (Å²) in [6.45, 7) is 5.79. The lowest BCUT2D eigenvalue weighted by Crippen LogP contribution is -2.38. The molecule has 15 heavy (non-hydrogen) atoms. The molecule has 0 spiro atoms. The topological polar surface area (TPSA) is 20.3 Å². The fourth-order valence-corrected chi connectivity index (χ4v) is 2.50. The second-order valence-electron chi connectivity index (χ2n) is 4.56. The molecule has 3 heteroatoms. The predicted octanol–water partition coefficient (Wildman–Crippen LogP) is 2.90. The lowest BCUT2D eigenvalue weighted by atomic mass is 9.82. The van der Waals surface area contributed by atoms with Gasteiger partial charge >= 0.3 is 0 Å². The summed E-state index contributed by atoms with van der Waals surface area (Å²) in [4.78, 5) is 14.0. The van der Waals surface area contributed by atoms with E-state index in [1.54, 1.807) is 0 Å². The van der Waals surface area contributed by atoms with E-state index in [1.807, 2.05) is 11.8 Å². The zero-order valence-electron chi connectivity index (χ0n) is 9.84. The molecule has 1 fully saturated rings. The third-order valence-corrected chi connectivity index (χ3v) is 3.58. The van der Waals surface area contributed by atoms with Crippen LogP contribution in [-0.2, 0) is 4.79 Å². The van der Waals surface area contributed by atoms with E-state index in [0.29, 0.717) is 18.3 Å². The Morgan fingerprint density at radius 1 is 1.33 bits per heavy atom. The summed E-state index contributed by atoms with van der Waals surface area (Å²) < 4.78 is 0. The molecule has 0 heterocycles. The SMILES string of the molecule is CCN(CCCl)C(=O)C1CCC(C)CC1. The summed E-state index contributed by atoms with van der Waals surface area (Å²) >= 11 is 5.69. The van der Waals surface area contributed by atoms with Crippen LogP contribution >= 0.6 is 11.6 Å². The van der Waals surface area contributed by atoms with Crippen LogP contribution in [0.25, 0.3) is 0 Å². The minimum absolute atomic E-state index is 0.268. The molecule has 0 unspecified atom stereocenters. The highest BCUT2D eigenvalue weighted by atomic mass is 35.5. The van der Waals surface area contributed by atoms with Crippen molar-refractivity contribution >= 4 is 17.5 Å². The Morgan fingerprint density at radius 2 is 1.93 bits per heavy atom. The van der Waals surface area contributed by atoms with Crippen molar-refractivity contribution in [1.82, 2.24) is 4.90 Å². The van der Waals surface area contributed by atoms with Crippen molar-refractivity contribution in [3.05, 3.63) is 0 Å². The molecule has 1 amide bonds. The van der Waals surface area contributed by atoms with E-state index in [1.165, 1.54) is 12.8 Å². The van der Waals surface area contributed by atoms with Gasteiger partial charge in [0.25, 0.3) is 0 Å². The second kappa shape index (κ2) is 6.37. The number of alkyl halides is 1. The molecule has 88 valence electrons. The molecule has 2 nitrogen and oxygen atoms in total. The second-order valence-corrected chi connectivity index (χ2v) is 4.94. The number of hydrogen-bond acceptors (Lipinski definition) is 1. The van der Waals surface area contributed by atoms with Crippen LogP contribution in [0.15, 0.2) is 0 Å². The minimum Gasteiger partial charge on any atom is -0.342 e. The highest BCUT2D eigenvalue weighted by Gasteiger charge is 2.27. The van der Waals surface area contributed by atoms with Gasteiger partial charge in [-0.1, -0.05) is 6.92 Å². The van der Waals surface area contributed by atoms with Crippen molar-refractivity contribution in [3.8, 4) is 0 Å². The van der Waals surface area contributed by atoms with Crippen molar-refractivity contribution in [2.75, 3.05) is 19.0 Å². The fraction of sp³-hybridized carbons (Fsp3) is 0.917. The van der Waals surface area contributed by atoms with Gasteiger partial charge in [0.05, 0.1) is 0 Å². The van der Waals surface area contributed by atoms with Gasteiger partial charge in [0, 0.05) is 24.9 Å². The Bertz CT molecular complexity index is 200. The van der Waals surface area contributed by atoms with Gasteiger partial charge in [-0.05, 0) is 38.5 Å². The third kappa shape index (κ3) is 3.67. The minimum atomic E-state index is 0.268. The third-order valence-electron chi connectivity index (χ3n) is 3.41. The zero-order chi connectivity index (χ0) is 11.3. The van der Waals surface area contributed by atoms with E-state index in [-0.39, 0.29) is 5.92 Å². The molecule has 1 rings (SSSR count). The van der Waals surface area contributed by atoms with Crippen LogP contribution in [0.5, 0.6) is 0 Å². The van der Waals surface area contributed by atoms with Crippen LogP contribution in [0, 0.1) is 11.8 Å². The summed E-state index contributed by atoms with van der Waals surface area (Å²) in [5.74, 6) is 1.94. The molecule has 0 atom stereocenters. The standard InChI is InChI=1S/C12H22ClNO/c1-3-14(9-8-13)12(15)11-6-4-10(2)5-7-11/h10-11H,3-9H2,1-2H3. The highest BCUT2D eigenvalue weighted by Crippen LogP contribution is 2.29. The number of rotatable bonds is 4. The monoisotopic (exact) mass is 231 g/mol. The molecule has 0 aliphatic heterocycles. The Kier molecular flexibility index (Phi) is 5.44. The molecular formula is C12H22ClNO. The van der Waals surface area contributed by atoms with Gasteiger partial charge in [-0.15, -0.1) is 11.6 Å². The van der Waals surface area contributed by atoms with Gasteiger partial charge in [0.2, 0.25) is 5.91 Å². The average Bonchev–Trinajstić information content (AvgIpc) is 2.26. The first-order chi connectivity index (χ1) is 7.19. The van der Waals surface area contributed by atoms with E-state index in [9.17, 15) is 4.79 Å². The Labute approximate surface area is 98.0 Å². The van der Waals surface area contributed by atoms with Crippen molar-refractivity contribution in [2.24, 2.45) is 11.8 Å². The molecule has 1 saturated carbocycles. The molecule has 0 aromatic carbocycles. The van der Waals surface area contributed by atoms with E-state index in [2.05, 4.69) is 6.92 Å². The summed E-state index contributed by atoms with van der Waals surface area (Å²) in [6.07, 6.45) is 4.54. The molecule has 1 aliphatic carbocycles. The number of halogens is 1. The molecule has 0 bridgehead atoms. The quantitative estimate of drug-likeness (QED) is 0.682. The smallest absolute Gasteiger partial charge is 0.225 e. The number of nitrogens with zero attached hydrogens (tertiary/aromatic N) is 1. The molecular weight excluding hydrogens is 210 g/mol. The molecule has 0 aromatic rings. The van der Waals surface area contributed by atoms with Crippen molar-refractivity contribution in [3.63, 3.8) is 0 Å². The van der Waals surface area contributed by atoms with Gasteiger partial charge in [-0.2, -0.15) is 0 Å². The fourth-order valence-electron chi connectivity index (χ4n) is 2.29. The van der Waals surface area contributed by atoms with E-state index in [0.717, 1.165) is 25.3 Å². The Hall–Kier alpha value is -0.240. The summed E-state index contributed by atoms with van der Waals surface area (Å²) in [5, 5.41) is 0. The first-order valence-corrected chi connectivity index (χ1v) is 6.57. The molecule has 0 N–H and O–H groups in total. The van der Waals surface area contributed by atoms with E-state index in [4.69, 9.17) is 11.6 Å². The van der Waals surface area contributed by atoms with Gasteiger partial charge in [0.1, 0.15) is 0 Å². The first kappa shape index (κ1) is 12.8. The van der Waals surface area contributed by atoms with Crippen molar-refractivity contribution < 1.29 is 4.79 Å². The normalized spacial score (nSPS) is 26.3. The maximum absolute atomic E-state index is 12.1. The maximum atomic E-state index is 12.1. The Morgan fingerprint density at radius 3 is 2.40 bits per heavy atom. The molecule has 0 radical (unpaired) electrons. The lowest BCUT2D eigenvalue weighted by molar-refractivity contribution is -0.136. The van der Waals surface area contributed by atoms with Gasteiger partial charge < -0.3 is 4.90 Å². The number of carbonyl (C=O) groups is 1. The zero-order valence-corrected chi connectivity index (χ0v) is 10.6. The summed E-state index contributed by atoms with van der Waals surface area (Å²) in [5.41, 5.74) is 0. The van der Waals surface area contributed by atoms with Gasteiger partial charge in [-0.3, -0.25) is 4.79 Å². The summed E-state index contributed by atoms with van der Waals surface area (Å²) in [6, 6.07) is 0. The van der Waals surface area contributed by atoms with Crippen LogP contribution in [-0.4, -0.2) is 29.8 Å². The number of carbonyl (C=O) groups excluding carboxylic acids is 1. The van der Waals surface area contributed by atoms with Crippen LogP contribution in [0.4, 0.5) is 0 Å². The van der Waals surface area contributed by atoms with Crippen LogP contribution in [0.3, 0.4) is 0 Å². The first-order valence-electron chi connectivity index (χ1n) is 6.03. The highest BCUT2D eigenvalue weighted by molar-refractivity contribution is 6.18. The van der Waals surface area contributed by atoms with E-state index < -0.39 is 0 Å². The van der Waals surface area contributed by atoms with Crippen LogP contribution < -0.4 is 0 Å². The summed E-state index contributed by atoms with van der Waals surface area (Å²) in [7, 11) is 0. The number of amides is 1. The lowest BCUT2D eigenvalue weighted by Gasteiger charge is -2.30. The maximum Gasteiger partial charge on any atom is 0.225 e. The van der Waals surface area contributed by atoms with Crippen LogP contribution in [0.1, 0.15) is 39.5 Å². The molecule has 1 aliphatic rings. The van der Waals surface area contributed by atoms with Crippen molar-refractivity contribution in [2.45, 2.75) is 39.5 Å².